The van der Waals surface area contributed by atoms with Gasteiger partial charge in [-0.25, -0.2) is 0 Å². The van der Waals surface area contributed by atoms with Crippen LogP contribution in [0.2, 0.25) is 5.02 Å². The van der Waals surface area contributed by atoms with Crippen molar-refractivity contribution in [3.63, 3.8) is 0 Å². The highest BCUT2D eigenvalue weighted by molar-refractivity contribution is 8.14. The Morgan fingerprint density at radius 2 is 2.12 bits per heavy atom. The second-order valence-electron chi connectivity index (χ2n) is 3.08. The number of thioether (sulfide) groups is 1. The molecule has 0 spiro atoms. The normalized spacial score (nSPS) is 11.4. The molecule has 0 unspecified atom stereocenters. The van der Waals surface area contributed by atoms with Gasteiger partial charge in [-0.2, -0.15) is 13.2 Å². The van der Waals surface area contributed by atoms with Crippen molar-refractivity contribution < 1.29 is 13.2 Å². The van der Waals surface area contributed by atoms with Gasteiger partial charge in [0.15, 0.2) is 5.17 Å². The van der Waals surface area contributed by atoms with E-state index < -0.39 is 11.7 Å². The molecule has 2 N–H and O–H groups in total. The first-order valence-corrected chi connectivity index (χ1v) is 6.06. The molecule has 7 heteroatoms. The molecular weight excluding hydrogens is 273 g/mol. The molecule has 1 aromatic rings. The van der Waals surface area contributed by atoms with Gasteiger partial charge in [0.1, 0.15) is 0 Å². The number of nitrogens with one attached hydrogen (secondary N) is 2. The van der Waals surface area contributed by atoms with Crippen molar-refractivity contribution in [3.8, 4) is 0 Å². The van der Waals surface area contributed by atoms with Crippen LogP contribution in [0.1, 0.15) is 12.5 Å². The van der Waals surface area contributed by atoms with Gasteiger partial charge in [-0.3, -0.25) is 5.41 Å². The van der Waals surface area contributed by atoms with E-state index in [1.165, 1.54) is 11.8 Å². The SMILES string of the molecule is CCSC(=N)Nc1cc(C(F)(F)F)ccc1Cl. The summed E-state index contributed by atoms with van der Waals surface area (Å²) in [5, 5.41) is 10.2. The minimum atomic E-state index is -4.42. The summed E-state index contributed by atoms with van der Waals surface area (Å²) in [5.41, 5.74) is -0.703. The van der Waals surface area contributed by atoms with E-state index in [-0.39, 0.29) is 15.9 Å². The fraction of sp³-hybridized carbons (Fsp3) is 0.300. The molecule has 0 saturated carbocycles. The van der Waals surface area contributed by atoms with Crippen LogP contribution in [0.25, 0.3) is 0 Å². The van der Waals surface area contributed by atoms with Crippen molar-refractivity contribution in [2.45, 2.75) is 13.1 Å². The van der Waals surface area contributed by atoms with Gasteiger partial charge in [-0.15, -0.1) is 0 Å². The highest BCUT2D eigenvalue weighted by atomic mass is 35.5. The van der Waals surface area contributed by atoms with Crippen LogP contribution in [0.3, 0.4) is 0 Å². The lowest BCUT2D eigenvalue weighted by Crippen LogP contribution is -2.10. The third-order valence-corrected chi connectivity index (χ3v) is 2.84. The van der Waals surface area contributed by atoms with Gasteiger partial charge < -0.3 is 5.32 Å². The molecule has 0 radical (unpaired) electrons. The average Bonchev–Trinajstić information content (AvgIpc) is 2.20. The number of halogens is 4. The second-order valence-corrected chi connectivity index (χ2v) is 4.76. The summed E-state index contributed by atoms with van der Waals surface area (Å²) in [4.78, 5) is 0. The third kappa shape index (κ3) is 4.12. The van der Waals surface area contributed by atoms with Gasteiger partial charge in [-0.05, 0) is 24.0 Å². The standard InChI is InChI=1S/C10H10ClF3N2S/c1-2-17-9(15)16-8-5-6(10(12,13)14)3-4-7(8)11/h3-5H,2H2,1H3,(H2,15,16). The highest BCUT2D eigenvalue weighted by Gasteiger charge is 2.31. The maximum Gasteiger partial charge on any atom is 0.416 e. The Hall–Kier alpha value is -0.880. The molecule has 0 atom stereocenters. The Labute approximate surface area is 106 Å². The first-order valence-electron chi connectivity index (χ1n) is 4.69. The molecule has 17 heavy (non-hydrogen) atoms. The second kappa shape index (κ2) is 5.64. The molecule has 1 aromatic carbocycles. The largest absolute Gasteiger partial charge is 0.416 e. The van der Waals surface area contributed by atoms with Crippen LogP contribution in [0.4, 0.5) is 18.9 Å². The number of amidine groups is 1. The smallest absolute Gasteiger partial charge is 0.334 e. The maximum atomic E-state index is 12.5. The van der Waals surface area contributed by atoms with Crippen LogP contribution in [-0.4, -0.2) is 10.9 Å². The quantitative estimate of drug-likeness (QED) is 0.620. The monoisotopic (exact) mass is 282 g/mol. The number of hydrogen-bond donors (Lipinski definition) is 2. The summed E-state index contributed by atoms with van der Waals surface area (Å²) in [6.07, 6.45) is -4.42. The summed E-state index contributed by atoms with van der Waals surface area (Å²) in [6.45, 7) is 1.84. The fourth-order valence-electron chi connectivity index (χ4n) is 1.10. The number of alkyl halides is 3. The number of anilines is 1. The lowest BCUT2D eigenvalue weighted by atomic mass is 10.2. The van der Waals surface area contributed by atoms with E-state index in [1.807, 2.05) is 6.92 Å². The molecular formula is C10H10ClF3N2S. The van der Waals surface area contributed by atoms with Gasteiger partial charge in [-0.1, -0.05) is 30.3 Å². The van der Waals surface area contributed by atoms with E-state index in [0.717, 1.165) is 18.2 Å². The molecule has 94 valence electrons. The van der Waals surface area contributed by atoms with Crippen LogP contribution in [0, 0.1) is 5.41 Å². The van der Waals surface area contributed by atoms with Crippen molar-refractivity contribution in [1.82, 2.24) is 0 Å². The minimum Gasteiger partial charge on any atom is -0.334 e. The molecule has 0 aliphatic rings. The van der Waals surface area contributed by atoms with Gasteiger partial charge >= 0.3 is 6.18 Å². The lowest BCUT2D eigenvalue weighted by Gasteiger charge is -2.12. The Kier molecular flexibility index (Phi) is 4.70. The van der Waals surface area contributed by atoms with E-state index in [0.29, 0.717) is 5.75 Å². The number of benzene rings is 1. The summed E-state index contributed by atoms with van der Waals surface area (Å²) in [5.74, 6) is 0.655. The van der Waals surface area contributed by atoms with Gasteiger partial charge in [0, 0.05) is 0 Å². The van der Waals surface area contributed by atoms with Gasteiger partial charge in [0.25, 0.3) is 0 Å². The summed E-state index contributed by atoms with van der Waals surface area (Å²) in [7, 11) is 0. The highest BCUT2D eigenvalue weighted by Crippen LogP contribution is 2.34. The van der Waals surface area contributed by atoms with Gasteiger partial charge in [0.05, 0.1) is 16.3 Å². The molecule has 0 fully saturated rings. The van der Waals surface area contributed by atoms with E-state index in [4.69, 9.17) is 17.0 Å². The van der Waals surface area contributed by atoms with E-state index in [1.54, 1.807) is 0 Å². The predicted molar refractivity (Wildman–Crippen MR) is 65.9 cm³/mol. The lowest BCUT2D eigenvalue weighted by molar-refractivity contribution is -0.137. The van der Waals surface area contributed by atoms with Crippen molar-refractivity contribution in [1.29, 1.82) is 5.41 Å². The van der Waals surface area contributed by atoms with E-state index in [2.05, 4.69) is 5.32 Å². The van der Waals surface area contributed by atoms with Crippen molar-refractivity contribution >= 4 is 34.2 Å². The topological polar surface area (TPSA) is 35.9 Å². The molecule has 0 heterocycles. The van der Waals surface area contributed by atoms with Crippen molar-refractivity contribution in [2.24, 2.45) is 0 Å². The van der Waals surface area contributed by atoms with E-state index >= 15 is 0 Å². The zero-order valence-corrected chi connectivity index (χ0v) is 10.4. The van der Waals surface area contributed by atoms with Crippen LogP contribution in [0.5, 0.6) is 0 Å². The first kappa shape index (κ1) is 14.2. The summed E-state index contributed by atoms with van der Waals surface area (Å²) >= 11 is 6.94. The van der Waals surface area contributed by atoms with Crippen LogP contribution in [0.15, 0.2) is 18.2 Å². The van der Waals surface area contributed by atoms with Crippen LogP contribution in [-0.2, 0) is 6.18 Å². The third-order valence-electron chi connectivity index (χ3n) is 1.83. The average molecular weight is 283 g/mol. The van der Waals surface area contributed by atoms with Crippen molar-refractivity contribution in [2.75, 3.05) is 11.1 Å². The summed E-state index contributed by atoms with van der Waals surface area (Å²) < 4.78 is 37.4. The number of rotatable bonds is 2. The summed E-state index contributed by atoms with van der Waals surface area (Å²) in [6, 6.07) is 2.97. The Bertz CT molecular complexity index is 421. The predicted octanol–water partition coefficient (Wildman–Crippen LogP) is 4.46. The molecule has 0 aliphatic carbocycles. The van der Waals surface area contributed by atoms with Crippen LogP contribution < -0.4 is 5.32 Å². The molecule has 0 amide bonds. The zero-order valence-electron chi connectivity index (χ0n) is 8.86. The Balaban J connectivity index is 2.95. The maximum absolute atomic E-state index is 12.5. The first-order chi connectivity index (χ1) is 7.84. The zero-order chi connectivity index (χ0) is 13.1. The van der Waals surface area contributed by atoms with E-state index in [9.17, 15) is 13.2 Å². The molecule has 0 saturated heterocycles. The van der Waals surface area contributed by atoms with Crippen molar-refractivity contribution in [3.05, 3.63) is 28.8 Å². The minimum absolute atomic E-state index is 0.0636. The number of hydrogen-bond acceptors (Lipinski definition) is 2. The Morgan fingerprint density at radius 3 is 2.65 bits per heavy atom. The molecule has 0 aromatic heterocycles. The van der Waals surface area contributed by atoms with Crippen LogP contribution >= 0.6 is 23.4 Å². The molecule has 1 rings (SSSR count). The molecule has 0 aliphatic heterocycles. The fourth-order valence-corrected chi connectivity index (χ4v) is 1.74. The molecule has 2 nitrogen and oxygen atoms in total. The Morgan fingerprint density at radius 1 is 1.47 bits per heavy atom. The molecule has 0 bridgehead atoms. The van der Waals surface area contributed by atoms with Gasteiger partial charge in [0.2, 0.25) is 0 Å².